The van der Waals surface area contributed by atoms with E-state index in [4.69, 9.17) is 4.74 Å². The highest BCUT2D eigenvalue weighted by Crippen LogP contribution is 2.24. The second-order valence-corrected chi connectivity index (χ2v) is 7.72. The molecule has 1 aromatic heterocycles. The Labute approximate surface area is 166 Å². The van der Waals surface area contributed by atoms with Crippen molar-refractivity contribution in [2.45, 2.75) is 65.5 Å². The Morgan fingerprint density at radius 3 is 2.54 bits per heavy atom. The molecule has 1 saturated carbocycles. The first-order chi connectivity index (χ1) is 13.4. The van der Waals surface area contributed by atoms with E-state index in [1.807, 2.05) is 37.3 Å². The lowest BCUT2D eigenvalue weighted by Gasteiger charge is -2.30. The molecule has 6 nitrogen and oxygen atoms in total. The Kier molecular flexibility index (Phi) is 6.17. The standard InChI is InChI=1S/C22H29N3O3/c1-14-10-8-9-13-19(14)23-21(26)17(4)28-22(27)20-15(2)24-25(16(20)3)18-11-6-5-7-12-18/h5-7,11-12,14,17,19H,8-10,13H2,1-4H3,(H,23,26)/t14-,17-,19-/m0/s1. The maximum Gasteiger partial charge on any atom is 0.342 e. The number of aromatic nitrogens is 2. The van der Waals surface area contributed by atoms with Crippen LogP contribution in [0.25, 0.3) is 5.69 Å². The van der Waals surface area contributed by atoms with Gasteiger partial charge < -0.3 is 10.1 Å². The highest BCUT2D eigenvalue weighted by Gasteiger charge is 2.28. The molecule has 2 aromatic rings. The topological polar surface area (TPSA) is 73.2 Å². The van der Waals surface area contributed by atoms with Crippen LogP contribution >= 0.6 is 0 Å². The SMILES string of the molecule is Cc1nn(-c2ccccc2)c(C)c1C(=O)O[C@@H](C)C(=O)N[C@H]1CCCC[C@@H]1C. The Hall–Kier alpha value is -2.63. The summed E-state index contributed by atoms with van der Waals surface area (Å²) in [5.41, 5.74) is 2.57. The number of carbonyl (C=O) groups excluding carboxylic acids is 2. The molecule has 0 spiro atoms. The smallest absolute Gasteiger partial charge is 0.342 e. The van der Waals surface area contributed by atoms with Gasteiger partial charge in [0.25, 0.3) is 5.91 Å². The van der Waals surface area contributed by atoms with E-state index >= 15 is 0 Å². The lowest BCUT2D eigenvalue weighted by atomic mass is 9.86. The highest BCUT2D eigenvalue weighted by atomic mass is 16.5. The summed E-state index contributed by atoms with van der Waals surface area (Å²) < 4.78 is 7.20. The number of rotatable bonds is 5. The molecule has 1 N–H and O–H groups in total. The fraction of sp³-hybridized carbons (Fsp3) is 0.500. The van der Waals surface area contributed by atoms with Gasteiger partial charge in [-0.3, -0.25) is 4.79 Å². The minimum atomic E-state index is -0.847. The zero-order chi connectivity index (χ0) is 20.3. The van der Waals surface area contributed by atoms with Crippen molar-refractivity contribution >= 4 is 11.9 Å². The average molecular weight is 383 g/mol. The number of ether oxygens (including phenoxy) is 1. The number of benzene rings is 1. The predicted molar refractivity (Wildman–Crippen MR) is 107 cm³/mol. The van der Waals surface area contributed by atoms with Crippen LogP contribution in [0, 0.1) is 19.8 Å². The summed E-state index contributed by atoms with van der Waals surface area (Å²) >= 11 is 0. The summed E-state index contributed by atoms with van der Waals surface area (Å²) in [6.45, 7) is 7.38. The van der Waals surface area contributed by atoms with Gasteiger partial charge in [0.1, 0.15) is 5.56 Å². The van der Waals surface area contributed by atoms with E-state index < -0.39 is 12.1 Å². The summed E-state index contributed by atoms with van der Waals surface area (Å²) in [6, 6.07) is 9.78. The summed E-state index contributed by atoms with van der Waals surface area (Å²) in [4.78, 5) is 25.3. The normalized spacial score (nSPS) is 20.4. The van der Waals surface area contributed by atoms with Crippen molar-refractivity contribution in [1.29, 1.82) is 0 Å². The van der Waals surface area contributed by atoms with Crippen molar-refractivity contribution in [3.8, 4) is 5.69 Å². The van der Waals surface area contributed by atoms with E-state index in [0.29, 0.717) is 22.9 Å². The molecular weight excluding hydrogens is 354 g/mol. The highest BCUT2D eigenvalue weighted by molar-refractivity contribution is 5.94. The maximum absolute atomic E-state index is 12.7. The van der Waals surface area contributed by atoms with E-state index in [1.165, 1.54) is 6.42 Å². The number of nitrogens with zero attached hydrogens (tertiary/aromatic N) is 2. The van der Waals surface area contributed by atoms with Gasteiger partial charge in [0.15, 0.2) is 6.10 Å². The monoisotopic (exact) mass is 383 g/mol. The van der Waals surface area contributed by atoms with Gasteiger partial charge in [-0.15, -0.1) is 0 Å². The molecule has 150 valence electrons. The molecule has 1 amide bonds. The lowest BCUT2D eigenvalue weighted by molar-refractivity contribution is -0.130. The minimum Gasteiger partial charge on any atom is -0.449 e. The third-order valence-corrected chi connectivity index (χ3v) is 5.59. The van der Waals surface area contributed by atoms with Crippen LogP contribution in [0.2, 0.25) is 0 Å². The zero-order valence-electron chi connectivity index (χ0n) is 17.1. The largest absolute Gasteiger partial charge is 0.449 e. The van der Waals surface area contributed by atoms with Crippen molar-refractivity contribution in [2.75, 3.05) is 0 Å². The van der Waals surface area contributed by atoms with Crippen molar-refractivity contribution in [1.82, 2.24) is 15.1 Å². The number of para-hydroxylation sites is 1. The van der Waals surface area contributed by atoms with Crippen LogP contribution in [-0.2, 0) is 9.53 Å². The van der Waals surface area contributed by atoms with Gasteiger partial charge in [-0.25, -0.2) is 9.48 Å². The van der Waals surface area contributed by atoms with E-state index in [-0.39, 0.29) is 11.9 Å². The van der Waals surface area contributed by atoms with Crippen LogP contribution < -0.4 is 5.32 Å². The number of carbonyl (C=O) groups is 2. The third-order valence-electron chi connectivity index (χ3n) is 5.59. The van der Waals surface area contributed by atoms with Crippen molar-refractivity contribution in [3.63, 3.8) is 0 Å². The van der Waals surface area contributed by atoms with Crippen LogP contribution in [0.15, 0.2) is 30.3 Å². The van der Waals surface area contributed by atoms with Crippen LogP contribution in [0.1, 0.15) is 61.3 Å². The number of esters is 1. The molecule has 1 aliphatic rings. The van der Waals surface area contributed by atoms with Gasteiger partial charge in [-0.1, -0.05) is 38.0 Å². The van der Waals surface area contributed by atoms with Gasteiger partial charge in [-0.05, 0) is 51.7 Å². The quantitative estimate of drug-likeness (QED) is 0.799. The molecule has 0 aliphatic heterocycles. The van der Waals surface area contributed by atoms with Gasteiger partial charge in [0.05, 0.1) is 17.1 Å². The average Bonchev–Trinajstić information content (AvgIpc) is 2.98. The van der Waals surface area contributed by atoms with Crippen LogP contribution in [0.5, 0.6) is 0 Å². The lowest BCUT2D eigenvalue weighted by Crippen LogP contribution is -2.46. The number of hydrogen-bond donors (Lipinski definition) is 1. The number of nitrogens with one attached hydrogen (secondary N) is 1. The number of amides is 1. The molecule has 1 fully saturated rings. The molecule has 1 aromatic carbocycles. The first-order valence-electron chi connectivity index (χ1n) is 10.0. The zero-order valence-corrected chi connectivity index (χ0v) is 17.1. The molecule has 6 heteroatoms. The predicted octanol–water partition coefficient (Wildman–Crippen LogP) is 3.73. The van der Waals surface area contributed by atoms with E-state index in [1.54, 1.807) is 18.5 Å². The minimum absolute atomic E-state index is 0.159. The number of hydrogen-bond acceptors (Lipinski definition) is 4. The second kappa shape index (κ2) is 8.59. The van der Waals surface area contributed by atoms with Gasteiger partial charge in [0.2, 0.25) is 0 Å². The summed E-state index contributed by atoms with van der Waals surface area (Å²) in [7, 11) is 0. The third kappa shape index (κ3) is 4.26. The molecule has 0 unspecified atom stereocenters. The molecule has 1 heterocycles. The van der Waals surface area contributed by atoms with Gasteiger partial charge >= 0.3 is 5.97 Å². The Morgan fingerprint density at radius 2 is 1.86 bits per heavy atom. The molecule has 28 heavy (non-hydrogen) atoms. The molecule has 0 radical (unpaired) electrons. The van der Waals surface area contributed by atoms with Crippen LogP contribution in [0.3, 0.4) is 0 Å². The van der Waals surface area contributed by atoms with Gasteiger partial charge in [-0.2, -0.15) is 5.10 Å². The summed E-state index contributed by atoms with van der Waals surface area (Å²) in [6.07, 6.45) is 3.59. The van der Waals surface area contributed by atoms with E-state index in [0.717, 1.165) is 24.9 Å². The molecule has 1 aliphatic carbocycles. The van der Waals surface area contributed by atoms with Crippen molar-refractivity contribution in [2.24, 2.45) is 5.92 Å². The first-order valence-corrected chi connectivity index (χ1v) is 10.0. The first kappa shape index (κ1) is 20.1. The van der Waals surface area contributed by atoms with Crippen LogP contribution in [-0.4, -0.2) is 33.8 Å². The maximum atomic E-state index is 12.7. The number of aryl methyl sites for hydroxylation is 1. The van der Waals surface area contributed by atoms with Crippen molar-refractivity contribution in [3.05, 3.63) is 47.3 Å². The van der Waals surface area contributed by atoms with Crippen LogP contribution in [0.4, 0.5) is 0 Å². The Morgan fingerprint density at radius 1 is 1.18 bits per heavy atom. The van der Waals surface area contributed by atoms with E-state index in [2.05, 4.69) is 17.3 Å². The molecule has 3 rings (SSSR count). The van der Waals surface area contributed by atoms with Crippen molar-refractivity contribution < 1.29 is 14.3 Å². The summed E-state index contributed by atoms with van der Waals surface area (Å²) in [5, 5.41) is 7.52. The fourth-order valence-electron chi connectivity index (χ4n) is 3.86. The molecule has 3 atom stereocenters. The molecular formula is C22H29N3O3. The molecule has 0 saturated heterocycles. The Balaban J connectivity index is 1.69. The molecule has 0 bridgehead atoms. The van der Waals surface area contributed by atoms with Gasteiger partial charge in [0, 0.05) is 6.04 Å². The van der Waals surface area contributed by atoms with E-state index in [9.17, 15) is 9.59 Å². The summed E-state index contributed by atoms with van der Waals surface area (Å²) in [5.74, 6) is -0.302. The Bertz CT molecular complexity index is 844. The fourth-order valence-corrected chi connectivity index (χ4v) is 3.86. The second-order valence-electron chi connectivity index (χ2n) is 7.72.